The lowest BCUT2D eigenvalue weighted by molar-refractivity contribution is -0.384. The molecule has 0 aromatic heterocycles. The van der Waals surface area contributed by atoms with Crippen LogP contribution in [-0.2, 0) is 4.74 Å². The van der Waals surface area contributed by atoms with Crippen LogP contribution >= 0.6 is 0 Å². The standard InChI is InChI=1S/C17H23N3O5/c21-16(18-11-17(22)6-9-25-12-17)13-4-5-14(15(10-13)20(23)24)19-7-2-1-3-8-19/h4-5,10,22H,1-3,6-9,11-12H2,(H,18,21)/t17-/m0/s1. The van der Waals surface area contributed by atoms with Crippen molar-refractivity contribution in [1.82, 2.24) is 5.32 Å². The minimum atomic E-state index is -1.06. The molecule has 0 aliphatic carbocycles. The third kappa shape index (κ3) is 4.08. The molecule has 2 heterocycles. The van der Waals surface area contributed by atoms with Gasteiger partial charge in [0, 0.05) is 44.3 Å². The van der Waals surface area contributed by atoms with Crippen molar-refractivity contribution in [2.75, 3.05) is 37.7 Å². The number of anilines is 1. The van der Waals surface area contributed by atoms with Gasteiger partial charge in [0.25, 0.3) is 11.6 Å². The number of benzene rings is 1. The molecule has 2 aliphatic heterocycles. The molecule has 0 radical (unpaired) electrons. The van der Waals surface area contributed by atoms with E-state index in [2.05, 4.69) is 5.32 Å². The number of nitro benzene ring substituents is 1. The lowest BCUT2D eigenvalue weighted by Gasteiger charge is -2.28. The molecule has 1 atom stereocenters. The van der Waals surface area contributed by atoms with Crippen molar-refractivity contribution in [3.05, 3.63) is 33.9 Å². The number of ether oxygens (including phenoxy) is 1. The number of hydrogen-bond acceptors (Lipinski definition) is 6. The van der Waals surface area contributed by atoms with Crippen molar-refractivity contribution in [1.29, 1.82) is 0 Å². The fourth-order valence-corrected chi connectivity index (χ4v) is 3.30. The van der Waals surface area contributed by atoms with Gasteiger partial charge in [-0.3, -0.25) is 14.9 Å². The maximum absolute atomic E-state index is 12.3. The van der Waals surface area contributed by atoms with E-state index in [9.17, 15) is 20.0 Å². The van der Waals surface area contributed by atoms with E-state index < -0.39 is 16.4 Å². The Morgan fingerprint density at radius 1 is 1.36 bits per heavy atom. The molecule has 0 unspecified atom stereocenters. The highest BCUT2D eigenvalue weighted by molar-refractivity contribution is 5.95. The van der Waals surface area contributed by atoms with Gasteiger partial charge in [0.2, 0.25) is 0 Å². The van der Waals surface area contributed by atoms with Crippen molar-refractivity contribution in [2.45, 2.75) is 31.3 Å². The van der Waals surface area contributed by atoms with Crippen molar-refractivity contribution in [3.8, 4) is 0 Å². The first kappa shape index (κ1) is 17.6. The van der Waals surface area contributed by atoms with Crippen molar-refractivity contribution < 1.29 is 19.6 Å². The Morgan fingerprint density at radius 3 is 2.76 bits per heavy atom. The first-order valence-corrected chi connectivity index (χ1v) is 8.60. The molecule has 1 amide bonds. The Hall–Kier alpha value is -2.19. The molecule has 25 heavy (non-hydrogen) atoms. The number of aliphatic hydroxyl groups is 1. The summed E-state index contributed by atoms with van der Waals surface area (Å²) in [4.78, 5) is 25.3. The Balaban J connectivity index is 1.74. The molecule has 2 saturated heterocycles. The van der Waals surface area contributed by atoms with Gasteiger partial charge in [0.1, 0.15) is 11.3 Å². The molecule has 1 aromatic rings. The fourth-order valence-electron chi connectivity index (χ4n) is 3.30. The molecule has 0 saturated carbocycles. The number of rotatable bonds is 5. The predicted molar refractivity (Wildman–Crippen MR) is 91.9 cm³/mol. The fraction of sp³-hybridized carbons (Fsp3) is 0.588. The highest BCUT2D eigenvalue weighted by Crippen LogP contribution is 2.31. The molecule has 1 aromatic carbocycles. The summed E-state index contributed by atoms with van der Waals surface area (Å²) >= 11 is 0. The lowest BCUT2D eigenvalue weighted by atomic mass is 10.0. The SMILES string of the molecule is O=C(NC[C@@]1(O)CCOC1)c1ccc(N2CCCCC2)c([N+](=O)[O-])c1. The van der Waals surface area contributed by atoms with E-state index in [1.165, 1.54) is 6.07 Å². The summed E-state index contributed by atoms with van der Waals surface area (Å²) in [6, 6.07) is 4.56. The van der Waals surface area contributed by atoms with Gasteiger partial charge < -0.3 is 20.1 Å². The van der Waals surface area contributed by atoms with E-state index in [0.717, 1.165) is 32.4 Å². The second-order valence-corrected chi connectivity index (χ2v) is 6.72. The van der Waals surface area contributed by atoms with E-state index in [1.807, 2.05) is 4.90 Å². The van der Waals surface area contributed by atoms with Crippen molar-refractivity contribution >= 4 is 17.3 Å². The zero-order valence-corrected chi connectivity index (χ0v) is 14.1. The van der Waals surface area contributed by atoms with Gasteiger partial charge in [0.05, 0.1) is 11.5 Å². The van der Waals surface area contributed by atoms with E-state index >= 15 is 0 Å². The smallest absolute Gasteiger partial charge is 0.293 e. The molecule has 0 spiro atoms. The highest BCUT2D eigenvalue weighted by atomic mass is 16.6. The molecule has 136 valence electrons. The summed E-state index contributed by atoms with van der Waals surface area (Å²) < 4.78 is 5.14. The summed E-state index contributed by atoms with van der Waals surface area (Å²) in [6.07, 6.45) is 3.62. The summed E-state index contributed by atoms with van der Waals surface area (Å²) in [5.41, 5.74) is -0.341. The Kier molecular flexibility index (Phi) is 5.19. The minimum absolute atomic E-state index is 0.0579. The number of nitrogens with one attached hydrogen (secondary N) is 1. The van der Waals surface area contributed by atoms with E-state index in [4.69, 9.17) is 4.74 Å². The maximum Gasteiger partial charge on any atom is 0.293 e. The first-order chi connectivity index (χ1) is 12.0. The van der Waals surface area contributed by atoms with Crippen LogP contribution in [0.2, 0.25) is 0 Å². The topological polar surface area (TPSA) is 105 Å². The molecule has 8 nitrogen and oxygen atoms in total. The van der Waals surface area contributed by atoms with Gasteiger partial charge in [0.15, 0.2) is 0 Å². The average Bonchev–Trinajstić information content (AvgIpc) is 3.07. The third-order valence-corrected chi connectivity index (χ3v) is 4.79. The zero-order chi connectivity index (χ0) is 17.9. The van der Waals surface area contributed by atoms with Crippen LogP contribution in [-0.4, -0.2) is 54.4 Å². The largest absolute Gasteiger partial charge is 0.386 e. The lowest BCUT2D eigenvalue weighted by Crippen LogP contribution is -2.43. The van der Waals surface area contributed by atoms with Crippen LogP contribution < -0.4 is 10.2 Å². The second kappa shape index (κ2) is 7.37. The van der Waals surface area contributed by atoms with Gasteiger partial charge in [-0.1, -0.05) is 0 Å². The number of carbonyl (C=O) groups excluding carboxylic acids is 1. The molecule has 2 N–H and O–H groups in total. The van der Waals surface area contributed by atoms with Crippen molar-refractivity contribution in [2.24, 2.45) is 0 Å². The third-order valence-electron chi connectivity index (χ3n) is 4.79. The van der Waals surface area contributed by atoms with Crippen LogP contribution in [0.25, 0.3) is 0 Å². The molecule has 8 heteroatoms. The van der Waals surface area contributed by atoms with Gasteiger partial charge >= 0.3 is 0 Å². The Bertz CT molecular complexity index is 652. The highest BCUT2D eigenvalue weighted by Gasteiger charge is 2.33. The van der Waals surface area contributed by atoms with Crippen LogP contribution in [0.3, 0.4) is 0 Å². The number of carbonyl (C=O) groups is 1. The number of piperidine rings is 1. The van der Waals surface area contributed by atoms with Crippen LogP contribution in [0.4, 0.5) is 11.4 Å². The van der Waals surface area contributed by atoms with E-state index in [1.54, 1.807) is 12.1 Å². The van der Waals surface area contributed by atoms with Crippen LogP contribution in [0.5, 0.6) is 0 Å². The molecule has 2 fully saturated rings. The Labute approximate surface area is 145 Å². The normalized spacial score (nSPS) is 23.5. The monoisotopic (exact) mass is 349 g/mol. The zero-order valence-electron chi connectivity index (χ0n) is 14.1. The van der Waals surface area contributed by atoms with Crippen LogP contribution in [0.1, 0.15) is 36.0 Å². The van der Waals surface area contributed by atoms with E-state index in [-0.39, 0.29) is 24.4 Å². The van der Waals surface area contributed by atoms with Gasteiger partial charge in [-0.25, -0.2) is 0 Å². The van der Waals surface area contributed by atoms with Gasteiger partial charge in [-0.15, -0.1) is 0 Å². The Morgan fingerprint density at radius 2 is 2.12 bits per heavy atom. The summed E-state index contributed by atoms with van der Waals surface area (Å²) in [7, 11) is 0. The van der Waals surface area contributed by atoms with E-state index in [0.29, 0.717) is 18.7 Å². The summed E-state index contributed by atoms with van der Waals surface area (Å²) in [5, 5.41) is 24.3. The van der Waals surface area contributed by atoms with Crippen LogP contribution in [0, 0.1) is 10.1 Å². The molecular formula is C17H23N3O5. The molecule has 3 rings (SSSR count). The quantitative estimate of drug-likeness (QED) is 0.616. The molecule has 2 aliphatic rings. The van der Waals surface area contributed by atoms with Gasteiger partial charge in [-0.2, -0.15) is 0 Å². The summed E-state index contributed by atoms with van der Waals surface area (Å²) in [6.45, 7) is 2.29. The summed E-state index contributed by atoms with van der Waals surface area (Å²) in [5.74, 6) is -0.436. The van der Waals surface area contributed by atoms with Crippen LogP contribution in [0.15, 0.2) is 18.2 Å². The predicted octanol–water partition coefficient (Wildman–Crippen LogP) is 1.47. The molecular weight excluding hydrogens is 326 g/mol. The number of amides is 1. The van der Waals surface area contributed by atoms with Crippen molar-refractivity contribution in [3.63, 3.8) is 0 Å². The van der Waals surface area contributed by atoms with Gasteiger partial charge in [-0.05, 0) is 31.4 Å². The average molecular weight is 349 g/mol. The number of hydrogen-bond donors (Lipinski definition) is 2. The number of nitrogens with zero attached hydrogens (tertiary/aromatic N) is 2. The maximum atomic E-state index is 12.3. The number of nitro groups is 1. The second-order valence-electron chi connectivity index (χ2n) is 6.72. The molecule has 0 bridgehead atoms. The first-order valence-electron chi connectivity index (χ1n) is 8.60. The minimum Gasteiger partial charge on any atom is -0.386 e.